The highest BCUT2D eigenvalue weighted by Crippen LogP contribution is 2.30. The van der Waals surface area contributed by atoms with Crippen LogP contribution in [-0.2, 0) is 0 Å². The van der Waals surface area contributed by atoms with Crippen LogP contribution in [0.1, 0.15) is 23.3 Å². The molecule has 2 N–H and O–H groups in total. The van der Waals surface area contributed by atoms with Crippen molar-refractivity contribution in [2.75, 3.05) is 18.0 Å². The third kappa shape index (κ3) is 4.06. The van der Waals surface area contributed by atoms with E-state index in [0.717, 1.165) is 54.0 Å². The first-order chi connectivity index (χ1) is 15.2. The highest BCUT2D eigenvalue weighted by atomic mass is 32.1. The number of aromatic nitrogens is 3. The molecule has 156 valence electrons. The molecule has 1 aromatic carbocycles. The number of para-hydroxylation sites is 1. The molecule has 4 aromatic rings. The maximum Gasteiger partial charge on any atom is 0.267 e. The van der Waals surface area contributed by atoms with Crippen molar-refractivity contribution >= 4 is 34.0 Å². The predicted octanol–water partition coefficient (Wildman–Crippen LogP) is 3.90. The summed E-state index contributed by atoms with van der Waals surface area (Å²) in [6.45, 7) is 1.64. The molecule has 0 spiro atoms. The summed E-state index contributed by atoms with van der Waals surface area (Å²) in [5, 5.41) is 5.17. The number of anilines is 1. The maximum atomic E-state index is 11.4. The molecule has 0 saturated carbocycles. The van der Waals surface area contributed by atoms with Gasteiger partial charge in [0, 0.05) is 54.5 Å². The molecule has 1 aliphatic rings. The van der Waals surface area contributed by atoms with E-state index in [1.165, 1.54) is 0 Å². The normalized spacial score (nSPS) is 14.6. The van der Waals surface area contributed by atoms with Gasteiger partial charge in [-0.05, 0) is 29.6 Å². The third-order valence-corrected chi connectivity index (χ3v) is 6.07. The average molecular weight is 432 g/mol. The number of hydrogen-bond acceptors (Lipinski definition) is 7. The lowest BCUT2D eigenvalue weighted by atomic mass is 10.1. The van der Waals surface area contributed by atoms with Crippen molar-refractivity contribution in [2.24, 2.45) is 5.73 Å². The molecule has 8 heteroatoms. The third-order valence-electron chi connectivity index (χ3n) is 5.39. The van der Waals surface area contributed by atoms with Gasteiger partial charge in [-0.25, -0.2) is 9.97 Å². The van der Waals surface area contributed by atoms with Crippen LogP contribution >= 0.6 is 11.3 Å². The van der Waals surface area contributed by atoms with Crippen molar-refractivity contribution in [3.63, 3.8) is 0 Å². The molecule has 1 aliphatic heterocycles. The highest BCUT2D eigenvalue weighted by molar-refractivity contribution is 7.08. The number of fused-ring (bicyclic) bond motifs is 1. The number of carbonyl (C=O) groups excluding carboxylic acids is 1. The molecule has 0 bridgehead atoms. The summed E-state index contributed by atoms with van der Waals surface area (Å²) in [6, 6.07) is 13.5. The van der Waals surface area contributed by atoms with E-state index in [9.17, 15) is 4.79 Å². The minimum atomic E-state index is -0.558. The van der Waals surface area contributed by atoms with Gasteiger partial charge in [0.05, 0.1) is 5.52 Å². The van der Waals surface area contributed by atoms with Gasteiger partial charge in [-0.3, -0.25) is 9.78 Å². The van der Waals surface area contributed by atoms with Crippen molar-refractivity contribution in [3.05, 3.63) is 65.1 Å². The lowest BCUT2D eigenvalue weighted by Crippen LogP contribution is -2.39. The molecule has 7 nitrogen and oxygen atoms in total. The van der Waals surface area contributed by atoms with Crippen molar-refractivity contribution in [2.45, 2.75) is 18.9 Å². The molecule has 1 fully saturated rings. The SMILES string of the molecule is NC(=O)c1cc(OC2CCN(c3nc(-c4ccsc4)nc4ccccc34)CC2)ccn1. The monoisotopic (exact) mass is 431 g/mol. The summed E-state index contributed by atoms with van der Waals surface area (Å²) in [4.78, 5) is 27.3. The van der Waals surface area contributed by atoms with E-state index in [1.54, 1.807) is 29.7 Å². The van der Waals surface area contributed by atoms with Crippen LogP contribution < -0.4 is 15.4 Å². The first-order valence-corrected chi connectivity index (χ1v) is 11.1. The first-order valence-electron chi connectivity index (χ1n) is 10.1. The van der Waals surface area contributed by atoms with E-state index in [-0.39, 0.29) is 11.8 Å². The minimum absolute atomic E-state index is 0.0591. The number of hydrogen-bond donors (Lipinski definition) is 1. The topological polar surface area (TPSA) is 94.2 Å². The number of piperidine rings is 1. The van der Waals surface area contributed by atoms with E-state index >= 15 is 0 Å². The lowest BCUT2D eigenvalue weighted by molar-refractivity contribution is 0.0994. The number of rotatable bonds is 5. The van der Waals surface area contributed by atoms with Crippen molar-refractivity contribution in [1.29, 1.82) is 0 Å². The zero-order chi connectivity index (χ0) is 21.2. The second-order valence-electron chi connectivity index (χ2n) is 7.45. The lowest BCUT2D eigenvalue weighted by Gasteiger charge is -2.33. The molecule has 31 heavy (non-hydrogen) atoms. The number of thiophene rings is 1. The summed E-state index contributed by atoms with van der Waals surface area (Å²) in [5.74, 6) is 1.78. The molecule has 0 radical (unpaired) electrons. The summed E-state index contributed by atoms with van der Waals surface area (Å²) in [6.07, 6.45) is 3.30. The predicted molar refractivity (Wildman–Crippen MR) is 121 cm³/mol. The summed E-state index contributed by atoms with van der Waals surface area (Å²) >= 11 is 1.64. The molecule has 4 heterocycles. The Kier molecular flexibility index (Phi) is 5.21. The Labute approximate surface area is 183 Å². The van der Waals surface area contributed by atoms with Gasteiger partial charge in [0.25, 0.3) is 5.91 Å². The molecule has 3 aromatic heterocycles. The number of primary amides is 1. The van der Waals surface area contributed by atoms with Gasteiger partial charge in [-0.15, -0.1) is 0 Å². The van der Waals surface area contributed by atoms with Crippen LogP contribution in [0.15, 0.2) is 59.4 Å². The van der Waals surface area contributed by atoms with Crippen molar-refractivity contribution in [1.82, 2.24) is 15.0 Å². The molecule has 1 amide bonds. The Morgan fingerprint density at radius 3 is 2.74 bits per heavy atom. The molecule has 0 aliphatic carbocycles. The number of ether oxygens (including phenoxy) is 1. The molecule has 5 rings (SSSR count). The smallest absolute Gasteiger partial charge is 0.267 e. The van der Waals surface area contributed by atoms with Gasteiger partial charge < -0.3 is 15.4 Å². The Bertz CT molecular complexity index is 1220. The molecule has 0 unspecified atom stereocenters. The second-order valence-corrected chi connectivity index (χ2v) is 8.23. The Morgan fingerprint density at radius 2 is 1.97 bits per heavy atom. The van der Waals surface area contributed by atoms with E-state index in [4.69, 9.17) is 20.4 Å². The number of nitrogens with two attached hydrogens (primary N) is 1. The number of benzene rings is 1. The average Bonchev–Trinajstić information content (AvgIpc) is 3.34. The molecule has 1 saturated heterocycles. The van der Waals surface area contributed by atoms with E-state index in [2.05, 4.69) is 21.3 Å². The van der Waals surface area contributed by atoms with Crippen LogP contribution in [0.5, 0.6) is 5.75 Å². The largest absolute Gasteiger partial charge is 0.490 e. The van der Waals surface area contributed by atoms with Crippen LogP contribution in [0.2, 0.25) is 0 Å². The highest BCUT2D eigenvalue weighted by Gasteiger charge is 2.24. The fourth-order valence-electron chi connectivity index (χ4n) is 3.82. The van der Waals surface area contributed by atoms with Crippen LogP contribution in [0.3, 0.4) is 0 Å². The second kappa shape index (κ2) is 8.31. The van der Waals surface area contributed by atoms with E-state index in [0.29, 0.717) is 5.75 Å². The van der Waals surface area contributed by atoms with Gasteiger partial charge in [-0.1, -0.05) is 12.1 Å². The van der Waals surface area contributed by atoms with E-state index in [1.807, 2.05) is 29.6 Å². The quantitative estimate of drug-likeness (QED) is 0.515. The summed E-state index contributed by atoms with van der Waals surface area (Å²) in [7, 11) is 0. The zero-order valence-corrected chi connectivity index (χ0v) is 17.6. The minimum Gasteiger partial charge on any atom is -0.490 e. The molecular formula is C23H21N5O2S. The Morgan fingerprint density at radius 1 is 1.13 bits per heavy atom. The maximum absolute atomic E-state index is 11.4. The number of pyridine rings is 1. The fourth-order valence-corrected chi connectivity index (χ4v) is 4.45. The first kappa shape index (κ1) is 19.4. The van der Waals surface area contributed by atoms with Crippen LogP contribution in [0, 0.1) is 0 Å². The summed E-state index contributed by atoms with van der Waals surface area (Å²) < 4.78 is 6.09. The summed E-state index contributed by atoms with van der Waals surface area (Å²) in [5.41, 5.74) is 7.51. The Hall–Kier alpha value is -3.52. The van der Waals surface area contributed by atoms with Crippen molar-refractivity contribution in [3.8, 4) is 17.1 Å². The molecular weight excluding hydrogens is 410 g/mol. The fraction of sp³-hybridized carbons (Fsp3) is 0.217. The van der Waals surface area contributed by atoms with Gasteiger partial charge in [0.15, 0.2) is 5.82 Å². The number of amides is 1. The van der Waals surface area contributed by atoms with Crippen molar-refractivity contribution < 1.29 is 9.53 Å². The van der Waals surface area contributed by atoms with Gasteiger partial charge >= 0.3 is 0 Å². The van der Waals surface area contributed by atoms with Crippen LogP contribution in [0.4, 0.5) is 5.82 Å². The Balaban J connectivity index is 1.36. The zero-order valence-electron chi connectivity index (χ0n) is 16.8. The molecule has 0 atom stereocenters. The van der Waals surface area contributed by atoms with Gasteiger partial charge in [0.1, 0.15) is 23.4 Å². The van der Waals surface area contributed by atoms with Crippen LogP contribution in [0.25, 0.3) is 22.3 Å². The van der Waals surface area contributed by atoms with Crippen LogP contribution in [-0.4, -0.2) is 40.1 Å². The van der Waals surface area contributed by atoms with Gasteiger partial charge in [-0.2, -0.15) is 11.3 Å². The van der Waals surface area contributed by atoms with E-state index < -0.39 is 5.91 Å². The standard InChI is InChI=1S/C23H21N5O2S/c24-21(29)20-13-17(5-9-25-20)30-16-6-10-28(11-7-16)23-18-3-1-2-4-19(18)26-22(27-23)15-8-12-31-14-15/h1-5,8-9,12-14,16H,6-7,10-11H2,(H2,24,29). The number of nitrogens with zero attached hydrogens (tertiary/aromatic N) is 4. The number of carbonyl (C=O) groups is 1. The van der Waals surface area contributed by atoms with Gasteiger partial charge in [0.2, 0.25) is 0 Å².